The fraction of sp³-hybridized carbons (Fsp3) is 0.929. The minimum atomic E-state index is 0.226. The molecule has 18 heavy (non-hydrogen) atoms. The van der Waals surface area contributed by atoms with Gasteiger partial charge in [-0.1, -0.05) is 6.92 Å². The van der Waals surface area contributed by atoms with Gasteiger partial charge < -0.3 is 15.4 Å². The van der Waals surface area contributed by atoms with E-state index in [0.29, 0.717) is 24.4 Å². The third-order valence-corrected chi connectivity index (χ3v) is 4.24. The summed E-state index contributed by atoms with van der Waals surface area (Å²) in [7, 11) is 0. The summed E-state index contributed by atoms with van der Waals surface area (Å²) in [5.74, 6) is 1.32. The van der Waals surface area contributed by atoms with Gasteiger partial charge in [0.1, 0.15) is 0 Å². The average Bonchev–Trinajstić information content (AvgIpc) is 2.85. The Bertz CT molecular complexity index is 265. The average molecular weight is 254 g/mol. The second-order valence-corrected chi connectivity index (χ2v) is 5.57. The lowest BCUT2D eigenvalue weighted by atomic mass is 9.94. The topological polar surface area (TPSA) is 50.4 Å². The van der Waals surface area contributed by atoms with E-state index in [2.05, 4.69) is 17.6 Å². The highest BCUT2D eigenvalue weighted by molar-refractivity contribution is 5.76. The van der Waals surface area contributed by atoms with E-state index in [1.54, 1.807) is 0 Å². The Kier molecular flexibility index (Phi) is 5.45. The molecule has 2 unspecified atom stereocenters. The first-order valence-electron chi connectivity index (χ1n) is 7.38. The molecule has 2 saturated heterocycles. The SMILES string of the molecule is CCC1OCCC1CNC(=O)CC1CCNCC1. The van der Waals surface area contributed by atoms with E-state index in [0.717, 1.165) is 51.9 Å². The Labute approximate surface area is 110 Å². The standard InChI is InChI=1S/C14H26N2O2/c1-2-13-12(5-8-18-13)10-16-14(17)9-11-3-6-15-7-4-11/h11-13,15H,2-10H2,1H3,(H,16,17). The number of amides is 1. The minimum Gasteiger partial charge on any atom is -0.378 e. The van der Waals surface area contributed by atoms with Gasteiger partial charge in [0, 0.05) is 25.5 Å². The van der Waals surface area contributed by atoms with Crippen molar-refractivity contribution in [3.05, 3.63) is 0 Å². The summed E-state index contributed by atoms with van der Waals surface area (Å²) >= 11 is 0. The molecule has 0 aromatic rings. The maximum atomic E-state index is 11.9. The number of nitrogens with one attached hydrogen (secondary N) is 2. The number of hydrogen-bond acceptors (Lipinski definition) is 3. The number of carbonyl (C=O) groups is 1. The summed E-state index contributed by atoms with van der Waals surface area (Å²) in [6.45, 7) is 5.92. The van der Waals surface area contributed by atoms with Crippen LogP contribution in [0.25, 0.3) is 0 Å². The molecule has 0 aromatic carbocycles. The molecule has 2 N–H and O–H groups in total. The van der Waals surface area contributed by atoms with Crippen LogP contribution in [0.1, 0.15) is 39.0 Å². The van der Waals surface area contributed by atoms with Gasteiger partial charge in [0.2, 0.25) is 5.91 Å². The van der Waals surface area contributed by atoms with Crippen LogP contribution < -0.4 is 10.6 Å². The smallest absolute Gasteiger partial charge is 0.220 e. The lowest BCUT2D eigenvalue weighted by molar-refractivity contribution is -0.122. The van der Waals surface area contributed by atoms with Crippen molar-refractivity contribution in [3.8, 4) is 0 Å². The van der Waals surface area contributed by atoms with E-state index in [4.69, 9.17) is 4.74 Å². The van der Waals surface area contributed by atoms with Crippen molar-refractivity contribution in [2.75, 3.05) is 26.2 Å². The molecule has 0 bridgehead atoms. The molecule has 2 heterocycles. The normalized spacial score (nSPS) is 29.4. The van der Waals surface area contributed by atoms with Crippen molar-refractivity contribution in [1.82, 2.24) is 10.6 Å². The summed E-state index contributed by atoms with van der Waals surface area (Å²) < 4.78 is 5.64. The van der Waals surface area contributed by atoms with Crippen molar-refractivity contribution in [1.29, 1.82) is 0 Å². The molecular weight excluding hydrogens is 228 g/mol. The lowest BCUT2D eigenvalue weighted by Gasteiger charge is -2.23. The van der Waals surface area contributed by atoms with E-state index in [1.165, 1.54) is 0 Å². The van der Waals surface area contributed by atoms with Crippen molar-refractivity contribution in [2.24, 2.45) is 11.8 Å². The minimum absolute atomic E-state index is 0.226. The summed E-state index contributed by atoms with van der Waals surface area (Å²) in [5, 5.41) is 6.43. The van der Waals surface area contributed by atoms with Crippen molar-refractivity contribution < 1.29 is 9.53 Å². The predicted molar refractivity (Wildman–Crippen MR) is 71.4 cm³/mol. The Balaban J connectivity index is 1.64. The van der Waals surface area contributed by atoms with Crippen molar-refractivity contribution in [2.45, 2.75) is 45.1 Å². The van der Waals surface area contributed by atoms with Crippen molar-refractivity contribution in [3.63, 3.8) is 0 Å². The zero-order chi connectivity index (χ0) is 12.8. The summed E-state index contributed by atoms with van der Waals surface area (Å²) in [5.41, 5.74) is 0. The Hall–Kier alpha value is -0.610. The van der Waals surface area contributed by atoms with E-state index in [9.17, 15) is 4.79 Å². The highest BCUT2D eigenvalue weighted by Gasteiger charge is 2.27. The molecule has 1 amide bonds. The van der Waals surface area contributed by atoms with Crippen LogP contribution in [0, 0.1) is 11.8 Å². The van der Waals surface area contributed by atoms with Crippen molar-refractivity contribution >= 4 is 5.91 Å². The van der Waals surface area contributed by atoms with E-state index < -0.39 is 0 Å². The molecule has 0 spiro atoms. The first-order valence-corrected chi connectivity index (χ1v) is 7.38. The molecule has 4 heteroatoms. The number of ether oxygens (including phenoxy) is 1. The highest BCUT2D eigenvalue weighted by Crippen LogP contribution is 2.22. The maximum absolute atomic E-state index is 11.9. The Morgan fingerprint density at radius 2 is 2.11 bits per heavy atom. The molecule has 104 valence electrons. The molecule has 0 saturated carbocycles. The predicted octanol–water partition coefficient (Wildman–Crippen LogP) is 1.31. The second-order valence-electron chi connectivity index (χ2n) is 5.57. The molecular formula is C14H26N2O2. The van der Waals surface area contributed by atoms with Crippen LogP contribution in [0.3, 0.4) is 0 Å². The van der Waals surface area contributed by atoms with Crippen LogP contribution in [0.15, 0.2) is 0 Å². The number of rotatable bonds is 5. The third kappa shape index (κ3) is 3.95. The van der Waals surface area contributed by atoms with Gasteiger partial charge in [-0.05, 0) is 44.7 Å². The van der Waals surface area contributed by atoms with Crippen LogP contribution in [0.2, 0.25) is 0 Å². The van der Waals surface area contributed by atoms with Gasteiger partial charge in [0.05, 0.1) is 6.10 Å². The molecule has 0 aromatic heterocycles. The number of piperidine rings is 1. The lowest BCUT2D eigenvalue weighted by Crippen LogP contribution is -2.35. The Morgan fingerprint density at radius 3 is 2.83 bits per heavy atom. The van der Waals surface area contributed by atoms with E-state index in [1.807, 2.05) is 0 Å². The van der Waals surface area contributed by atoms with Gasteiger partial charge in [-0.3, -0.25) is 4.79 Å². The van der Waals surface area contributed by atoms with Gasteiger partial charge >= 0.3 is 0 Å². The van der Waals surface area contributed by atoms with E-state index in [-0.39, 0.29) is 5.91 Å². The first-order chi connectivity index (χ1) is 8.79. The molecule has 0 aliphatic carbocycles. The van der Waals surface area contributed by atoms with Gasteiger partial charge in [0.25, 0.3) is 0 Å². The van der Waals surface area contributed by atoms with Gasteiger partial charge in [-0.15, -0.1) is 0 Å². The van der Waals surface area contributed by atoms with Gasteiger partial charge in [-0.25, -0.2) is 0 Å². The molecule has 2 fully saturated rings. The molecule has 2 aliphatic heterocycles. The summed E-state index contributed by atoms with van der Waals surface area (Å²) in [6, 6.07) is 0. The third-order valence-electron chi connectivity index (χ3n) is 4.24. The fourth-order valence-electron chi connectivity index (χ4n) is 3.04. The monoisotopic (exact) mass is 254 g/mol. The number of carbonyl (C=O) groups excluding carboxylic acids is 1. The molecule has 2 atom stereocenters. The fourth-order valence-corrected chi connectivity index (χ4v) is 3.04. The molecule has 4 nitrogen and oxygen atoms in total. The van der Waals surface area contributed by atoms with Gasteiger partial charge in [-0.2, -0.15) is 0 Å². The number of hydrogen-bond donors (Lipinski definition) is 2. The largest absolute Gasteiger partial charge is 0.378 e. The molecule has 2 aliphatic rings. The van der Waals surface area contributed by atoms with Crippen LogP contribution in [0.5, 0.6) is 0 Å². The van der Waals surface area contributed by atoms with Gasteiger partial charge in [0.15, 0.2) is 0 Å². The molecule has 2 rings (SSSR count). The van der Waals surface area contributed by atoms with Crippen LogP contribution >= 0.6 is 0 Å². The quantitative estimate of drug-likeness (QED) is 0.777. The zero-order valence-electron chi connectivity index (χ0n) is 11.4. The summed E-state index contributed by atoms with van der Waals surface area (Å²) in [6.07, 6.45) is 5.46. The summed E-state index contributed by atoms with van der Waals surface area (Å²) in [4.78, 5) is 11.9. The van der Waals surface area contributed by atoms with Crippen LogP contribution in [-0.2, 0) is 9.53 Å². The van der Waals surface area contributed by atoms with E-state index >= 15 is 0 Å². The maximum Gasteiger partial charge on any atom is 0.220 e. The molecule has 0 radical (unpaired) electrons. The second kappa shape index (κ2) is 7.10. The van der Waals surface area contributed by atoms with Crippen LogP contribution in [-0.4, -0.2) is 38.3 Å². The highest BCUT2D eigenvalue weighted by atomic mass is 16.5. The zero-order valence-corrected chi connectivity index (χ0v) is 11.4. The first kappa shape index (κ1) is 13.8. The Morgan fingerprint density at radius 1 is 1.33 bits per heavy atom. The van der Waals surface area contributed by atoms with Crippen LogP contribution in [0.4, 0.5) is 0 Å².